The number of allylic oxidation sites excluding steroid dienone is 2. The molecule has 1 aromatic rings. The van der Waals surface area contributed by atoms with Crippen molar-refractivity contribution in [1.82, 2.24) is 0 Å². The minimum absolute atomic E-state index is 0.0416. The SMILES string of the molecule is CC(C)(C)C#Cc1cc(C(C)(C)C)cc(CC2C=C2C2CCCCCCC2)c1O. The molecule has 0 saturated heterocycles. The lowest BCUT2D eigenvalue weighted by Gasteiger charge is -2.22. The predicted octanol–water partition coefficient (Wildman–Crippen LogP) is 7.55. The number of aromatic hydroxyl groups is 1. The van der Waals surface area contributed by atoms with Crippen LogP contribution in [0, 0.1) is 29.1 Å². The van der Waals surface area contributed by atoms with Crippen LogP contribution in [0.5, 0.6) is 5.75 Å². The fourth-order valence-electron chi connectivity index (χ4n) is 4.46. The van der Waals surface area contributed by atoms with Gasteiger partial charge >= 0.3 is 0 Å². The van der Waals surface area contributed by atoms with E-state index in [2.05, 4.69) is 71.6 Å². The van der Waals surface area contributed by atoms with Gasteiger partial charge in [0.1, 0.15) is 5.75 Å². The molecule has 158 valence electrons. The van der Waals surface area contributed by atoms with Crippen LogP contribution < -0.4 is 0 Å². The Morgan fingerprint density at radius 1 is 0.931 bits per heavy atom. The van der Waals surface area contributed by atoms with Gasteiger partial charge in [-0.15, -0.1) is 0 Å². The molecule has 1 aromatic carbocycles. The normalized spacial score (nSPS) is 20.9. The summed E-state index contributed by atoms with van der Waals surface area (Å²) in [7, 11) is 0. The molecule has 1 heteroatoms. The summed E-state index contributed by atoms with van der Waals surface area (Å²) in [5.41, 5.74) is 4.74. The van der Waals surface area contributed by atoms with Gasteiger partial charge in [-0.05, 0) is 68.6 Å². The smallest absolute Gasteiger partial charge is 0.134 e. The molecule has 29 heavy (non-hydrogen) atoms. The van der Waals surface area contributed by atoms with E-state index in [1.807, 2.05) is 0 Å². The molecule has 2 aliphatic carbocycles. The summed E-state index contributed by atoms with van der Waals surface area (Å²) in [6.07, 6.45) is 13.1. The van der Waals surface area contributed by atoms with Crippen molar-refractivity contribution in [2.45, 2.75) is 98.3 Å². The number of benzene rings is 1. The van der Waals surface area contributed by atoms with Gasteiger partial charge in [0.2, 0.25) is 0 Å². The summed E-state index contributed by atoms with van der Waals surface area (Å²) in [6.45, 7) is 13.0. The number of hydrogen-bond acceptors (Lipinski definition) is 1. The summed E-state index contributed by atoms with van der Waals surface area (Å²) in [4.78, 5) is 0. The second-order valence-corrected chi connectivity index (χ2v) is 11.3. The molecule has 2 aliphatic rings. The summed E-state index contributed by atoms with van der Waals surface area (Å²) in [5.74, 6) is 8.30. The van der Waals surface area contributed by atoms with E-state index in [4.69, 9.17) is 0 Å². The number of phenols is 1. The van der Waals surface area contributed by atoms with Gasteiger partial charge in [-0.25, -0.2) is 0 Å². The maximum atomic E-state index is 11.0. The van der Waals surface area contributed by atoms with Crippen LogP contribution >= 0.6 is 0 Å². The lowest BCUT2D eigenvalue weighted by molar-refractivity contribution is 0.417. The average Bonchev–Trinajstić information content (AvgIpc) is 3.32. The summed E-state index contributed by atoms with van der Waals surface area (Å²) in [5, 5.41) is 11.0. The van der Waals surface area contributed by atoms with Crippen molar-refractivity contribution in [3.8, 4) is 17.6 Å². The maximum Gasteiger partial charge on any atom is 0.134 e. The fourth-order valence-corrected chi connectivity index (χ4v) is 4.46. The highest BCUT2D eigenvalue weighted by Crippen LogP contribution is 2.45. The molecule has 3 rings (SSSR count). The molecule has 0 heterocycles. The first-order valence-corrected chi connectivity index (χ1v) is 11.7. The van der Waals surface area contributed by atoms with Gasteiger partial charge < -0.3 is 5.11 Å². The zero-order valence-electron chi connectivity index (χ0n) is 19.5. The minimum atomic E-state index is -0.0756. The average molecular weight is 393 g/mol. The van der Waals surface area contributed by atoms with Crippen molar-refractivity contribution in [2.75, 3.05) is 0 Å². The second-order valence-electron chi connectivity index (χ2n) is 11.3. The molecule has 1 unspecified atom stereocenters. The number of phenolic OH excluding ortho intramolecular Hbond substituents is 1. The van der Waals surface area contributed by atoms with Gasteiger partial charge in [0, 0.05) is 11.3 Å². The van der Waals surface area contributed by atoms with Gasteiger partial charge in [-0.2, -0.15) is 0 Å². The lowest BCUT2D eigenvalue weighted by atomic mass is 9.83. The van der Waals surface area contributed by atoms with Crippen LogP contribution in [-0.4, -0.2) is 5.11 Å². The van der Waals surface area contributed by atoms with Crippen molar-refractivity contribution < 1.29 is 5.11 Å². The third kappa shape index (κ3) is 6.15. The Labute approximate surface area is 179 Å². The molecule has 1 N–H and O–H groups in total. The van der Waals surface area contributed by atoms with Gasteiger partial charge in [0.15, 0.2) is 0 Å². The number of hydrogen-bond donors (Lipinski definition) is 1. The first kappa shape index (κ1) is 22.0. The van der Waals surface area contributed by atoms with Crippen molar-refractivity contribution in [2.24, 2.45) is 17.3 Å². The molecule has 0 bridgehead atoms. The molecular weight excluding hydrogens is 352 g/mol. The molecule has 0 radical (unpaired) electrons. The van der Waals surface area contributed by atoms with Crippen molar-refractivity contribution in [1.29, 1.82) is 0 Å². The zero-order chi connectivity index (χ0) is 21.2. The lowest BCUT2D eigenvalue weighted by Crippen LogP contribution is -2.12. The largest absolute Gasteiger partial charge is 0.506 e. The van der Waals surface area contributed by atoms with E-state index in [1.54, 1.807) is 5.57 Å². The summed E-state index contributed by atoms with van der Waals surface area (Å²) < 4.78 is 0. The quantitative estimate of drug-likeness (QED) is 0.416. The molecular formula is C28H40O. The van der Waals surface area contributed by atoms with Crippen LogP contribution in [0.25, 0.3) is 0 Å². The van der Waals surface area contributed by atoms with Crippen LogP contribution in [0.4, 0.5) is 0 Å². The first-order valence-electron chi connectivity index (χ1n) is 11.7. The fraction of sp³-hybridized carbons (Fsp3) is 0.643. The van der Waals surface area contributed by atoms with E-state index in [0.29, 0.717) is 11.7 Å². The third-order valence-electron chi connectivity index (χ3n) is 6.36. The van der Waals surface area contributed by atoms with E-state index >= 15 is 0 Å². The van der Waals surface area contributed by atoms with E-state index in [0.717, 1.165) is 23.5 Å². The van der Waals surface area contributed by atoms with Crippen molar-refractivity contribution in [3.63, 3.8) is 0 Å². The highest BCUT2D eigenvalue weighted by Gasteiger charge is 2.32. The molecule has 1 nitrogen and oxygen atoms in total. The summed E-state index contributed by atoms with van der Waals surface area (Å²) in [6, 6.07) is 4.31. The van der Waals surface area contributed by atoms with Gasteiger partial charge in [0.05, 0.1) is 5.56 Å². The van der Waals surface area contributed by atoms with E-state index in [9.17, 15) is 5.11 Å². The second kappa shape index (κ2) is 8.59. The third-order valence-corrected chi connectivity index (χ3v) is 6.36. The van der Waals surface area contributed by atoms with Gasteiger partial charge in [0.25, 0.3) is 0 Å². The Hall–Kier alpha value is -1.68. The van der Waals surface area contributed by atoms with Crippen LogP contribution in [0.2, 0.25) is 0 Å². The number of rotatable bonds is 3. The van der Waals surface area contributed by atoms with E-state index in [-0.39, 0.29) is 10.8 Å². The van der Waals surface area contributed by atoms with Crippen molar-refractivity contribution in [3.05, 3.63) is 40.5 Å². The van der Waals surface area contributed by atoms with Crippen LogP contribution in [-0.2, 0) is 11.8 Å². The first-order chi connectivity index (χ1) is 13.5. The standard InChI is InChI=1S/C28H40O/c1-27(2,3)15-14-21-17-24(28(4,5)6)18-23(26(21)29)16-22-19-25(22)20-12-10-8-7-9-11-13-20/h17-20,22,29H,7-13,16H2,1-6H3. The molecule has 0 spiro atoms. The van der Waals surface area contributed by atoms with Crippen LogP contribution in [0.3, 0.4) is 0 Å². The zero-order valence-corrected chi connectivity index (χ0v) is 19.5. The molecule has 0 aliphatic heterocycles. The molecule has 0 aromatic heterocycles. The molecule has 1 fully saturated rings. The monoisotopic (exact) mass is 392 g/mol. The highest BCUT2D eigenvalue weighted by atomic mass is 16.3. The summed E-state index contributed by atoms with van der Waals surface area (Å²) >= 11 is 0. The Kier molecular flexibility index (Phi) is 6.52. The highest BCUT2D eigenvalue weighted by molar-refractivity contribution is 5.55. The van der Waals surface area contributed by atoms with Crippen LogP contribution in [0.1, 0.15) is 103 Å². The van der Waals surface area contributed by atoms with E-state index in [1.165, 1.54) is 50.5 Å². The van der Waals surface area contributed by atoms with E-state index < -0.39 is 0 Å². The Morgan fingerprint density at radius 3 is 2.14 bits per heavy atom. The Morgan fingerprint density at radius 2 is 1.55 bits per heavy atom. The van der Waals surface area contributed by atoms with Crippen molar-refractivity contribution >= 4 is 0 Å². The Bertz CT molecular complexity index is 809. The Balaban J connectivity index is 1.80. The van der Waals surface area contributed by atoms with Gasteiger partial charge in [-0.1, -0.05) is 82.4 Å². The minimum Gasteiger partial charge on any atom is -0.506 e. The predicted molar refractivity (Wildman–Crippen MR) is 124 cm³/mol. The topological polar surface area (TPSA) is 20.2 Å². The van der Waals surface area contributed by atoms with Crippen LogP contribution in [0.15, 0.2) is 23.8 Å². The molecule has 1 atom stereocenters. The van der Waals surface area contributed by atoms with Gasteiger partial charge in [-0.3, -0.25) is 0 Å². The molecule has 1 saturated carbocycles. The maximum absolute atomic E-state index is 11.0. The molecule has 0 amide bonds.